The fourth-order valence-electron chi connectivity index (χ4n) is 3.66. The van der Waals surface area contributed by atoms with Gasteiger partial charge >= 0.3 is 0 Å². The van der Waals surface area contributed by atoms with Gasteiger partial charge in [-0.15, -0.1) is 0 Å². The van der Waals surface area contributed by atoms with Crippen molar-refractivity contribution in [1.82, 2.24) is 0 Å². The first-order valence-corrected chi connectivity index (χ1v) is 6.56. The summed E-state index contributed by atoms with van der Waals surface area (Å²) < 4.78 is 0. The van der Waals surface area contributed by atoms with Gasteiger partial charge in [-0.2, -0.15) is 0 Å². The highest BCUT2D eigenvalue weighted by Crippen LogP contribution is 2.58. The van der Waals surface area contributed by atoms with E-state index in [1.165, 1.54) is 12.0 Å². The Balaban J connectivity index is 1.93. The second-order valence-electron chi connectivity index (χ2n) is 5.45. The Kier molecular flexibility index (Phi) is 2.01. The summed E-state index contributed by atoms with van der Waals surface area (Å²) in [6.07, 6.45) is 9.93. The molecule has 0 heterocycles. The minimum absolute atomic E-state index is 0.235. The number of hydrogen-bond acceptors (Lipinski definition) is 2. The largest absolute Gasteiger partial charge is 0.411 e. The molecule has 2 nitrogen and oxygen atoms in total. The van der Waals surface area contributed by atoms with Crippen LogP contribution in [-0.4, -0.2) is 10.9 Å². The van der Waals surface area contributed by atoms with Crippen LogP contribution in [0.25, 0.3) is 0 Å². The first-order chi connectivity index (χ1) is 8.90. The van der Waals surface area contributed by atoms with E-state index in [0.29, 0.717) is 11.8 Å². The minimum Gasteiger partial charge on any atom is -0.411 e. The maximum absolute atomic E-state index is 9.43. The summed E-state index contributed by atoms with van der Waals surface area (Å²) in [5.41, 5.74) is 3.34. The lowest BCUT2D eigenvalue weighted by atomic mass is 9.81. The number of hydrogen-bond donors (Lipinski definition) is 1. The van der Waals surface area contributed by atoms with Crippen LogP contribution in [0.2, 0.25) is 0 Å². The minimum atomic E-state index is 0.235. The molecule has 0 bridgehead atoms. The van der Waals surface area contributed by atoms with Crippen LogP contribution in [0.1, 0.15) is 23.5 Å². The van der Waals surface area contributed by atoms with Gasteiger partial charge in [0.1, 0.15) is 0 Å². The Hall–Kier alpha value is -1.83. The molecule has 0 amide bonds. The van der Waals surface area contributed by atoms with Gasteiger partial charge in [0.2, 0.25) is 0 Å². The van der Waals surface area contributed by atoms with Crippen LogP contribution >= 0.6 is 0 Å². The van der Waals surface area contributed by atoms with Gasteiger partial charge in [0.05, 0.1) is 5.71 Å². The van der Waals surface area contributed by atoms with E-state index in [-0.39, 0.29) is 5.92 Å². The lowest BCUT2D eigenvalue weighted by Crippen LogP contribution is -2.23. The summed E-state index contributed by atoms with van der Waals surface area (Å²) in [4.78, 5) is 0. The maximum atomic E-state index is 9.43. The van der Waals surface area contributed by atoms with E-state index in [1.807, 2.05) is 6.07 Å². The number of rotatable bonds is 0. The van der Waals surface area contributed by atoms with E-state index in [1.54, 1.807) is 0 Å². The van der Waals surface area contributed by atoms with Crippen LogP contribution in [0, 0.1) is 17.8 Å². The highest BCUT2D eigenvalue weighted by molar-refractivity contribution is 6.05. The van der Waals surface area contributed by atoms with Crippen LogP contribution in [0.3, 0.4) is 0 Å². The molecule has 3 aliphatic carbocycles. The fraction of sp³-hybridized carbons (Fsp3) is 0.312. The molecule has 0 radical (unpaired) electrons. The Morgan fingerprint density at radius 3 is 2.83 bits per heavy atom. The summed E-state index contributed by atoms with van der Waals surface area (Å²) in [6.45, 7) is 0. The van der Waals surface area contributed by atoms with Crippen molar-refractivity contribution in [3.05, 3.63) is 59.7 Å². The summed E-state index contributed by atoms with van der Waals surface area (Å²) in [7, 11) is 0. The Morgan fingerprint density at radius 1 is 1.11 bits per heavy atom. The van der Waals surface area contributed by atoms with Gasteiger partial charge in [0, 0.05) is 11.5 Å². The van der Waals surface area contributed by atoms with E-state index < -0.39 is 0 Å². The zero-order valence-electron chi connectivity index (χ0n) is 10.0. The van der Waals surface area contributed by atoms with Gasteiger partial charge in [0.15, 0.2) is 0 Å². The quantitative estimate of drug-likeness (QED) is 0.544. The molecule has 4 atom stereocenters. The highest BCUT2D eigenvalue weighted by atomic mass is 16.4. The third-order valence-corrected chi connectivity index (χ3v) is 4.57. The Morgan fingerprint density at radius 2 is 1.94 bits per heavy atom. The summed E-state index contributed by atoms with van der Waals surface area (Å²) in [5.74, 6) is 2.11. The molecule has 1 aromatic rings. The predicted molar refractivity (Wildman–Crippen MR) is 70.9 cm³/mol. The van der Waals surface area contributed by atoms with Crippen molar-refractivity contribution in [2.45, 2.75) is 12.3 Å². The Labute approximate surface area is 106 Å². The molecule has 3 aliphatic rings. The zero-order chi connectivity index (χ0) is 12.1. The van der Waals surface area contributed by atoms with Crippen LogP contribution in [0.15, 0.2) is 53.7 Å². The van der Waals surface area contributed by atoms with E-state index in [0.717, 1.165) is 17.2 Å². The Bertz CT molecular complexity index is 585. The van der Waals surface area contributed by atoms with Crippen LogP contribution < -0.4 is 0 Å². The van der Waals surface area contributed by atoms with Gasteiger partial charge in [-0.25, -0.2) is 0 Å². The van der Waals surface area contributed by atoms with Gasteiger partial charge in [0.25, 0.3) is 0 Å². The van der Waals surface area contributed by atoms with Crippen molar-refractivity contribution < 1.29 is 5.21 Å². The topological polar surface area (TPSA) is 32.6 Å². The SMILES string of the molecule is ON=C1c2ccccc2C2CC2C2C=CC=CC12. The smallest absolute Gasteiger partial charge is 0.0945 e. The molecule has 0 aromatic heterocycles. The lowest BCUT2D eigenvalue weighted by molar-refractivity contribution is 0.314. The molecule has 4 unspecified atom stereocenters. The van der Waals surface area contributed by atoms with Crippen LogP contribution in [0.4, 0.5) is 0 Å². The van der Waals surface area contributed by atoms with E-state index in [9.17, 15) is 5.21 Å². The summed E-state index contributed by atoms with van der Waals surface area (Å²) in [6, 6.07) is 8.40. The van der Waals surface area contributed by atoms with E-state index >= 15 is 0 Å². The lowest BCUT2D eigenvalue weighted by Gasteiger charge is -2.23. The van der Waals surface area contributed by atoms with Crippen molar-refractivity contribution >= 4 is 5.71 Å². The van der Waals surface area contributed by atoms with Crippen molar-refractivity contribution in [3.63, 3.8) is 0 Å². The zero-order valence-corrected chi connectivity index (χ0v) is 10.0. The van der Waals surface area contributed by atoms with Crippen molar-refractivity contribution in [2.24, 2.45) is 22.9 Å². The average Bonchev–Trinajstić information content (AvgIpc) is 3.20. The third-order valence-electron chi connectivity index (χ3n) is 4.57. The van der Waals surface area contributed by atoms with Gasteiger partial charge in [-0.1, -0.05) is 53.7 Å². The van der Waals surface area contributed by atoms with Crippen molar-refractivity contribution in [2.75, 3.05) is 0 Å². The van der Waals surface area contributed by atoms with Crippen molar-refractivity contribution in [1.29, 1.82) is 0 Å². The molecule has 0 saturated heterocycles. The predicted octanol–water partition coefficient (Wildman–Crippen LogP) is 3.34. The summed E-state index contributed by atoms with van der Waals surface area (Å²) >= 11 is 0. The average molecular weight is 237 g/mol. The molecule has 0 aliphatic heterocycles. The molecular weight excluding hydrogens is 222 g/mol. The fourth-order valence-corrected chi connectivity index (χ4v) is 3.66. The third kappa shape index (κ3) is 1.26. The molecule has 18 heavy (non-hydrogen) atoms. The summed E-state index contributed by atoms with van der Waals surface area (Å²) in [5, 5.41) is 13.1. The number of fused-ring (bicyclic) bond motifs is 5. The number of benzene rings is 1. The van der Waals surface area contributed by atoms with E-state index in [4.69, 9.17) is 0 Å². The normalized spacial score (nSPS) is 37.7. The monoisotopic (exact) mass is 237 g/mol. The number of nitrogens with zero attached hydrogens (tertiary/aromatic N) is 1. The van der Waals surface area contributed by atoms with Gasteiger partial charge in [-0.05, 0) is 29.7 Å². The van der Waals surface area contributed by atoms with E-state index in [2.05, 4.69) is 47.7 Å². The molecule has 1 fully saturated rings. The molecule has 2 heteroatoms. The molecule has 0 spiro atoms. The van der Waals surface area contributed by atoms with Gasteiger partial charge in [-0.3, -0.25) is 0 Å². The molecule has 4 rings (SSSR count). The van der Waals surface area contributed by atoms with Crippen LogP contribution in [-0.2, 0) is 0 Å². The molecule has 90 valence electrons. The first kappa shape index (κ1) is 10.1. The highest BCUT2D eigenvalue weighted by Gasteiger charge is 2.50. The van der Waals surface area contributed by atoms with Gasteiger partial charge < -0.3 is 5.21 Å². The standard InChI is InChI=1S/C16H15NO/c18-17-16-12-7-3-1-5-10(12)14-9-15(14)11-6-2-4-8-13(11)16/h1-8,10,12,14-15,18H,9H2. The molecular formula is C16H15NO. The molecule has 1 aromatic carbocycles. The second kappa shape index (κ2) is 3.58. The first-order valence-electron chi connectivity index (χ1n) is 6.56. The number of oxime groups is 1. The number of allylic oxidation sites excluding steroid dienone is 4. The van der Waals surface area contributed by atoms with Crippen LogP contribution in [0.5, 0.6) is 0 Å². The molecule has 1 N–H and O–H groups in total. The maximum Gasteiger partial charge on any atom is 0.0945 e. The second-order valence-corrected chi connectivity index (χ2v) is 5.45. The van der Waals surface area contributed by atoms with Crippen molar-refractivity contribution in [3.8, 4) is 0 Å². The molecule has 1 saturated carbocycles.